The normalized spacial score (nSPS) is 13.6. The van der Waals surface area contributed by atoms with E-state index in [0.717, 1.165) is 0 Å². The number of phenols is 1. The quantitative estimate of drug-likeness (QED) is 0.774. The third-order valence-electron chi connectivity index (χ3n) is 2.97. The Hall–Kier alpha value is -1.75. The molecule has 0 fully saturated rings. The summed E-state index contributed by atoms with van der Waals surface area (Å²) in [7, 11) is 0. The second kappa shape index (κ2) is 6.43. The number of carbonyl (C=O) groups is 2. The van der Waals surface area contributed by atoms with Crippen LogP contribution in [-0.4, -0.2) is 28.1 Å². The maximum atomic E-state index is 12.0. The molecular weight excluding hydrogens is 270 g/mol. The van der Waals surface area contributed by atoms with Gasteiger partial charge in [-0.1, -0.05) is 31.9 Å². The first-order valence-electron chi connectivity index (χ1n) is 5.89. The van der Waals surface area contributed by atoms with Crippen LogP contribution in [0.25, 0.3) is 0 Å². The summed E-state index contributed by atoms with van der Waals surface area (Å²) in [5.41, 5.74) is -0.0398. The molecule has 0 radical (unpaired) electrons. The fourth-order valence-electron chi connectivity index (χ4n) is 1.59. The molecule has 0 aliphatic heterocycles. The van der Waals surface area contributed by atoms with E-state index in [0.29, 0.717) is 11.4 Å². The Kier molecular flexibility index (Phi) is 5.18. The lowest BCUT2D eigenvalue weighted by Gasteiger charge is -2.20. The topological polar surface area (TPSA) is 86.6 Å². The van der Waals surface area contributed by atoms with Crippen molar-refractivity contribution in [3.63, 3.8) is 0 Å². The van der Waals surface area contributed by atoms with Crippen molar-refractivity contribution >= 4 is 23.5 Å². The molecule has 0 aliphatic rings. The SMILES string of the molecule is CC[C@H](C)[C@H](NC(=O)c1cc(Cl)ccc1O)C(=O)O. The van der Waals surface area contributed by atoms with Crippen molar-refractivity contribution in [1.82, 2.24) is 5.32 Å². The summed E-state index contributed by atoms with van der Waals surface area (Å²) in [5, 5.41) is 21.4. The maximum Gasteiger partial charge on any atom is 0.326 e. The van der Waals surface area contributed by atoms with Gasteiger partial charge < -0.3 is 15.5 Å². The van der Waals surface area contributed by atoms with Crippen LogP contribution in [0.15, 0.2) is 18.2 Å². The summed E-state index contributed by atoms with van der Waals surface area (Å²) in [4.78, 5) is 23.1. The van der Waals surface area contributed by atoms with Crippen LogP contribution in [0.3, 0.4) is 0 Å². The molecule has 6 heteroatoms. The lowest BCUT2D eigenvalue weighted by Crippen LogP contribution is -2.45. The number of aromatic hydroxyl groups is 1. The fraction of sp³-hybridized carbons (Fsp3) is 0.385. The number of halogens is 1. The zero-order valence-electron chi connectivity index (χ0n) is 10.7. The van der Waals surface area contributed by atoms with E-state index in [2.05, 4.69) is 5.32 Å². The lowest BCUT2D eigenvalue weighted by atomic mass is 9.99. The van der Waals surface area contributed by atoms with Gasteiger partial charge in [-0.15, -0.1) is 0 Å². The molecule has 1 aromatic rings. The van der Waals surface area contributed by atoms with Crippen molar-refractivity contribution in [2.45, 2.75) is 26.3 Å². The van der Waals surface area contributed by atoms with Crippen molar-refractivity contribution in [3.05, 3.63) is 28.8 Å². The smallest absolute Gasteiger partial charge is 0.326 e. The fourth-order valence-corrected chi connectivity index (χ4v) is 1.76. The van der Waals surface area contributed by atoms with Gasteiger partial charge in [0.2, 0.25) is 0 Å². The number of benzene rings is 1. The van der Waals surface area contributed by atoms with Crippen molar-refractivity contribution < 1.29 is 19.8 Å². The first kappa shape index (κ1) is 15.3. The molecule has 104 valence electrons. The minimum Gasteiger partial charge on any atom is -0.507 e. The number of amides is 1. The van der Waals surface area contributed by atoms with Gasteiger partial charge in [-0.3, -0.25) is 4.79 Å². The van der Waals surface area contributed by atoms with E-state index in [9.17, 15) is 14.7 Å². The lowest BCUT2D eigenvalue weighted by molar-refractivity contribution is -0.140. The zero-order chi connectivity index (χ0) is 14.6. The highest BCUT2D eigenvalue weighted by atomic mass is 35.5. The molecular formula is C13H16ClNO4. The van der Waals surface area contributed by atoms with Gasteiger partial charge in [0.05, 0.1) is 5.56 Å². The first-order valence-corrected chi connectivity index (χ1v) is 6.26. The van der Waals surface area contributed by atoms with Crippen LogP contribution >= 0.6 is 11.6 Å². The predicted molar refractivity (Wildman–Crippen MR) is 71.5 cm³/mol. The molecule has 0 unspecified atom stereocenters. The average molecular weight is 286 g/mol. The summed E-state index contributed by atoms with van der Waals surface area (Å²) in [6.45, 7) is 3.57. The van der Waals surface area contributed by atoms with Crippen LogP contribution in [-0.2, 0) is 4.79 Å². The van der Waals surface area contributed by atoms with E-state index >= 15 is 0 Å². The zero-order valence-corrected chi connectivity index (χ0v) is 11.4. The predicted octanol–water partition coefficient (Wildman–Crippen LogP) is 2.27. The molecule has 1 amide bonds. The number of carboxylic acids is 1. The Labute approximate surface area is 116 Å². The van der Waals surface area contributed by atoms with Crippen molar-refractivity contribution in [3.8, 4) is 5.75 Å². The number of carbonyl (C=O) groups excluding carboxylic acids is 1. The molecule has 0 aromatic heterocycles. The van der Waals surface area contributed by atoms with Crippen LogP contribution in [0.1, 0.15) is 30.6 Å². The molecule has 3 N–H and O–H groups in total. The summed E-state index contributed by atoms with van der Waals surface area (Å²) in [6, 6.07) is 3.02. The molecule has 0 saturated heterocycles. The maximum absolute atomic E-state index is 12.0. The van der Waals surface area contributed by atoms with Gasteiger partial charge >= 0.3 is 5.97 Å². The summed E-state index contributed by atoms with van der Waals surface area (Å²) in [5.74, 6) is -2.23. The number of hydrogen-bond donors (Lipinski definition) is 3. The molecule has 2 atom stereocenters. The Balaban J connectivity index is 2.94. The molecule has 0 bridgehead atoms. The van der Waals surface area contributed by atoms with Gasteiger partial charge in [0.15, 0.2) is 0 Å². The van der Waals surface area contributed by atoms with Crippen molar-refractivity contribution in [2.24, 2.45) is 5.92 Å². The summed E-state index contributed by atoms with van der Waals surface area (Å²) >= 11 is 5.74. The van der Waals surface area contributed by atoms with Gasteiger partial charge in [0.25, 0.3) is 5.91 Å². The van der Waals surface area contributed by atoms with Crippen LogP contribution in [0, 0.1) is 5.92 Å². The second-order valence-corrected chi connectivity index (χ2v) is 4.77. The Morgan fingerprint density at radius 2 is 2.05 bits per heavy atom. The average Bonchev–Trinajstić information content (AvgIpc) is 2.37. The Bertz CT molecular complexity index is 490. The molecule has 1 aromatic carbocycles. The van der Waals surface area contributed by atoms with E-state index in [4.69, 9.17) is 16.7 Å². The number of phenolic OH excluding ortho intramolecular Hbond substituents is 1. The van der Waals surface area contributed by atoms with E-state index in [1.54, 1.807) is 6.92 Å². The Morgan fingerprint density at radius 1 is 1.42 bits per heavy atom. The molecule has 19 heavy (non-hydrogen) atoms. The second-order valence-electron chi connectivity index (χ2n) is 4.34. The molecule has 0 aliphatic carbocycles. The van der Waals surface area contributed by atoms with E-state index in [-0.39, 0.29) is 17.2 Å². The monoisotopic (exact) mass is 285 g/mol. The highest BCUT2D eigenvalue weighted by Gasteiger charge is 2.26. The molecule has 0 spiro atoms. The van der Waals surface area contributed by atoms with E-state index < -0.39 is 17.9 Å². The Morgan fingerprint density at radius 3 is 2.58 bits per heavy atom. The molecule has 0 saturated carbocycles. The van der Waals surface area contributed by atoms with Crippen molar-refractivity contribution in [1.29, 1.82) is 0 Å². The number of nitrogens with one attached hydrogen (secondary N) is 1. The van der Waals surface area contributed by atoms with Crippen LogP contribution in [0.4, 0.5) is 0 Å². The highest BCUT2D eigenvalue weighted by molar-refractivity contribution is 6.31. The van der Waals surface area contributed by atoms with Crippen LogP contribution < -0.4 is 5.32 Å². The van der Waals surface area contributed by atoms with Gasteiger partial charge in [-0.2, -0.15) is 0 Å². The van der Waals surface area contributed by atoms with E-state index in [1.807, 2.05) is 6.92 Å². The first-order chi connectivity index (χ1) is 8.86. The standard InChI is InChI=1S/C13H16ClNO4/c1-3-7(2)11(13(18)19)15-12(17)9-6-8(14)4-5-10(9)16/h4-7,11,16H,3H2,1-2H3,(H,15,17)(H,18,19)/t7-,11-/m0/s1. The van der Waals surface area contributed by atoms with Gasteiger partial charge in [-0.05, 0) is 24.1 Å². The minimum atomic E-state index is -1.11. The number of rotatable bonds is 5. The number of aliphatic carboxylic acids is 1. The molecule has 0 heterocycles. The van der Waals surface area contributed by atoms with E-state index in [1.165, 1.54) is 18.2 Å². The van der Waals surface area contributed by atoms with Gasteiger partial charge in [0.1, 0.15) is 11.8 Å². The van der Waals surface area contributed by atoms with Gasteiger partial charge in [-0.25, -0.2) is 4.79 Å². The third kappa shape index (κ3) is 3.86. The van der Waals surface area contributed by atoms with Crippen LogP contribution in [0.2, 0.25) is 5.02 Å². The summed E-state index contributed by atoms with van der Waals surface area (Å²) in [6.07, 6.45) is 0.610. The minimum absolute atomic E-state index is 0.0398. The largest absolute Gasteiger partial charge is 0.507 e. The number of hydrogen-bond acceptors (Lipinski definition) is 3. The summed E-state index contributed by atoms with van der Waals surface area (Å²) < 4.78 is 0. The number of carboxylic acid groups (broad SMARTS) is 1. The van der Waals surface area contributed by atoms with Gasteiger partial charge in [0, 0.05) is 5.02 Å². The molecule has 1 rings (SSSR count). The van der Waals surface area contributed by atoms with Crippen LogP contribution in [0.5, 0.6) is 5.75 Å². The third-order valence-corrected chi connectivity index (χ3v) is 3.20. The van der Waals surface area contributed by atoms with Crippen molar-refractivity contribution in [2.75, 3.05) is 0 Å². The highest BCUT2D eigenvalue weighted by Crippen LogP contribution is 2.21. The molecule has 5 nitrogen and oxygen atoms in total.